The molecule has 1 rings (SSSR count). The molecule has 0 aliphatic carbocycles. The van der Waals surface area contributed by atoms with Gasteiger partial charge in [-0.1, -0.05) is 0 Å². The Morgan fingerprint density at radius 2 is 1.26 bits per heavy atom. The molecule has 0 atom stereocenters. The van der Waals surface area contributed by atoms with E-state index in [9.17, 15) is 0 Å². The number of nitrogens with zero attached hydrogens (tertiary/aromatic N) is 3. The number of thioether (sulfide) groups is 1. The first kappa shape index (κ1) is 16.5. The summed E-state index contributed by atoms with van der Waals surface area (Å²) in [6.45, 7) is 1.33. The Kier molecular flexibility index (Phi) is 8.93. The monoisotopic (exact) mass is 323 g/mol. The van der Waals surface area contributed by atoms with Crippen molar-refractivity contribution in [3.8, 4) is 18.0 Å². The van der Waals surface area contributed by atoms with Crippen molar-refractivity contribution in [1.82, 2.24) is 15.0 Å². The molecule has 9 heteroatoms. The molecule has 0 aromatic carbocycles. The Balaban J connectivity index is 2.70. The molecule has 0 N–H and O–H groups in total. The molecular weight excluding hydrogens is 306 g/mol. The predicted octanol–water partition coefficient (Wildman–Crippen LogP) is 1.23. The zero-order valence-corrected chi connectivity index (χ0v) is 13.2. The summed E-state index contributed by atoms with van der Waals surface area (Å²) in [5.74, 6) is 1.99. The molecule has 0 amide bonds. The molecular formula is C10H17N3O3S3. The number of hydrogen-bond donors (Lipinski definition) is 2. The molecule has 0 radical (unpaired) electrons. The highest BCUT2D eigenvalue weighted by Gasteiger charge is 2.09. The molecule has 1 heterocycles. The maximum Gasteiger partial charge on any atom is 0.325 e. The van der Waals surface area contributed by atoms with Crippen LogP contribution in [0.5, 0.6) is 18.0 Å². The van der Waals surface area contributed by atoms with Crippen LogP contribution >= 0.6 is 37.0 Å². The second-order valence-corrected chi connectivity index (χ2v) is 5.05. The van der Waals surface area contributed by atoms with Gasteiger partial charge in [-0.15, -0.1) is 15.0 Å². The summed E-state index contributed by atoms with van der Waals surface area (Å²) >= 11 is 9.79. The largest absolute Gasteiger partial charge is 0.462 e. The molecule has 108 valence electrons. The van der Waals surface area contributed by atoms with Gasteiger partial charge < -0.3 is 14.2 Å². The van der Waals surface area contributed by atoms with Crippen molar-refractivity contribution in [2.24, 2.45) is 0 Å². The Labute approximate surface area is 127 Å². The minimum Gasteiger partial charge on any atom is -0.462 e. The molecule has 1 aromatic heterocycles. The normalized spacial score (nSPS) is 10.3. The van der Waals surface area contributed by atoms with E-state index in [0.717, 1.165) is 5.75 Å². The smallest absolute Gasteiger partial charge is 0.325 e. The maximum atomic E-state index is 5.41. The Hall–Kier alpha value is -0.540. The Morgan fingerprint density at radius 1 is 0.842 bits per heavy atom. The van der Waals surface area contributed by atoms with Gasteiger partial charge in [-0.05, 0) is 6.26 Å². The number of ether oxygens (including phenoxy) is 3. The summed E-state index contributed by atoms with van der Waals surface area (Å²) in [6, 6.07) is 0.558. The van der Waals surface area contributed by atoms with Crippen LogP contribution in [0.1, 0.15) is 0 Å². The molecule has 0 saturated carbocycles. The Bertz CT molecular complexity index is 345. The van der Waals surface area contributed by atoms with Gasteiger partial charge in [-0.3, -0.25) is 0 Å². The van der Waals surface area contributed by atoms with Gasteiger partial charge in [-0.2, -0.15) is 37.0 Å². The summed E-state index contributed by atoms with van der Waals surface area (Å²) in [4.78, 5) is 12.1. The van der Waals surface area contributed by atoms with Crippen molar-refractivity contribution in [3.63, 3.8) is 0 Å². The highest BCUT2D eigenvalue weighted by Crippen LogP contribution is 2.15. The lowest BCUT2D eigenvalue weighted by molar-refractivity contribution is 0.254. The Morgan fingerprint density at radius 3 is 1.63 bits per heavy atom. The topological polar surface area (TPSA) is 66.4 Å². The van der Waals surface area contributed by atoms with Crippen LogP contribution in [0.2, 0.25) is 0 Å². The molecule has 0 fully saturated rings. The first-order valence-electron chi connectivity index (χ1n) is 5.65. The minimum absolute atomic E-state index is 0.178. The van der Waals surface area contributed by atoms with Crippen molar-refractivity contribution in [1.29, 1.82) is 0 Å². The van der Waals surface area contributed by atoms with Crippen molar-refractivity contribution in [3.05, 3.63) is 0 Å². The van der Waals surface area contributed by atoms with E-state index in [1.54, 1.807) is 11.8 Å². The number of aromatic nitrogens is 3. The summed E-state index contributed by atoms with van der Waals surface area (Å²) in [5, 5.41) is 0. The van der Waals surface area contributed by atoms with Crippen LogP contribution in [0, 0.1) is 0 Å². The third kappa shape index (κ3) is 6.98. The van der Waals surface area contributed by atoms with E-state index in [2.05, 4.69) is 40.2 Å². The summed E-state index contributed by atoms with van der Waals surface area (Å²) in [5.41, 5.74) is 0. The van der Waals surface area contributed by atoms with Crippen molar-refractivity contribution in [2.45, 2.75) is 0 Å². The van der Waals surface area contributed by atoms with Gasteiger partial charge in [0.2, 0.25) is 0 Å². The lowest BCUT2D eigenvalue weighted by Crippen LogP contribution is -2.10. The number of rotatable bonds is 10. The second kappa shape index (κ2) is 10.3. The molecule has 6 nitrogen and oxygen atoms in total. The van der Waals surface area contributed by atoms with Crippen LogP contribution in [0.25, 0.3) is 0 Å². The number of thiol groups is 2. The zero-order valence-electron chi connectivity index (χ0n) is 10.6. The first-order valence-corrected chi connectivity index (χ1v) is 8.31. The van der Waals surface area contributed by atoms with Crippen LogP contribution in [0.3, 0.4) is 0 Å². The fourth-order valence-corrected chi connectivity index (χ4v) is 1.44. The zero-order chi connectivity index (χ0) is 13.9. The van der Waals surface area contributed by atoms with Crippen molar-refractivity contribution < 1.29 is 14.2 Å². The van der Waals surface area contributed by atoms with Gasteiger partial charge in [-0.25, -0.2) is 0 Å². The van der Waals surface area contributed by atoms with E-state index in [-0.39, 0.29) is 18.0 Å². The van der Waals surface area contributed by atoms with Crippen molar-refractivity contribution in [2.75, 3.05) is 43.3 Å². The van der Waals surface area contributed by atoms with Gasteiger partial charge in [0.05, 0.1) is 0 Å². The van der Waals surface area contributed by atoms with E-state index < -0.39 is 0 Å². The van der Waals surface area contributed by atoms with E-state index in [0.29, 0.717) is 31.3 Å². The van der Waals surface area contributed by atoms with Gasteiger partial charge in [0, 0.05) is 17.3 Å². The highest BCUT2D eigenvalue weighted by atomic mass is 32.2. The molecule has 0 bridgehead atoms. The van der Waals surface area contributed by atoms with Crippen LogP contribution in [0.15, 0.2) is 0 Å². The quantitative estimate of drug-likeness (QED) is 0.496. The third-order valence-corrected chi connectivity index (χ3v) is 2.68. The SMILES string of the molecule is CSCCOc1nc(OCCS)nc(OCCS)n1. The molecule has 0 unspecified atom stereocenters. The van der Waals surface area contributed by atoms with Gasteiger partial charge in [0.1, 0.15) is 19.8 Å². The standard InChI is InChI=1S/C10H17N3O3S3/c1-19-7-4-16-10-12-8(14-2-5-17)11-9(13-10)15-3-6-18/h17-18H,2-7H2,1H3. The van der Waals surface area contributed by atoms with Crippen LogP contribution in [0.4, 0.5) is 0 Å². The van der Waals surface area contributed by atoms with Gasteiger partial charge in [0.25, 0.3) is 0 Å². The lowest BCUT2D eigenvalue weighted by Gasteiger charge is -2.08. The molecule has 1 aromatic rings. The summed E-state index contributed by atoms with van der Waals surface area (Å²) < 4.78 is 16.0. The van der Waals surface area contributed by atoms with E-state index in [4.69, 9.17) is 14.2 Å². The van der Waals surface area contributed by atoms with Gasteiger partial charge in [0.15, 0.2) is 0 Å². The molecule has 0 saturated heterocycles. The minimum atomic E-state index is 0.178. The molecule has 19 heavy (non-hydrogen) atoms. The molecule has 0 aliphatic rings. The lowest BCUT2D eigenvalue weighted by atomic mass is 10.8. The molecule has 0 aliphatic heterocycles. The maximum absolute atomic E-state index is 5.41. The average Bonchev–Trinajstić information content (AvgIpc) is 2.43. The third-order valence-electron chi connectivity index (χ3n) is 1.74. The fraction of sp³-hybridized carbons (Fsp3) is 0.700. The van der Waals surface area contributed by atoms with Crippen molar-refractivity contribution >= 4 is 37.0 Å². The second-order valence-electron chi connectivity index (χ2n) is 3.17. The first-order chi connectivity index (χ1) is 9.30. The molecule has 0 spiro atoms. The van der Waals surface area contributed by atoms with Crippen LogP contribution in [-0.2, 0) is 0 Å². The van der Waals surface area contributed by atoms with E-state index in [1.165, 1.54) is 0 Å². The van der Waals surface area contributed by atoms with Gasteiger partial charge >= 0.3 is 18.0 Å². The summed E-state index contributed by atoms with van der Waals surface area (Å²) in [7, 11) is 0. The van der Waals surface area contributed by atoms with Crippen LogP contribution < -0.4 is 14.2 Å². The predicted molar refractivity (Wildman–Crippen MR) is 82.4 cm³/mol. The highest BCUT2D eigenvalue weighted by molar-refractivity contribution is 7.98. The van der Waals surface area contributed by atoms with E-state index >= 15 is 0 Å². The number of hydrogen-bond acceptors (Lipinski definition) is 9. The fourth-order valence-electron chi connectivity index (χ4n) is 1.00. The van der Waals surface area contributed by atoms with E-state index in [1.807, 2.05) is 6.26 Å². The average molecular weight is 323 g/mol. The van der Waals surface area contributed by atoms with Crippen LogP contribution in [-0.4, -0.2) is 58.3 Å². The summed E-state index contributed by atoms with van der Waals surface area (Å²) in [6.07, 6.45) is 2.00.